The van der Waals surface area contributed by atoms with Crippen molar-refractivity contribution in [2.45, 2.75) is 19.9 Å². The zero-order valence-corrected chi connectivity index (χ0v) is 10.2. The third kappa shape index (κ3) is 3.48. The van der Waals surface area contributed by atoms with Crippen LogP contribution < -0.4 is 0 Å². The Bertz CT molecular complexity index is 412. The van der Waals surface area contributed by atoms with E-state index in [1.54, 1.807) is 13.0 Å². The lowest BCUT2D eigenvalue weighted by atomic mass is 10.1. The van der Waals surface area contributed by atoms with Crippen molar-refractivity contribution in [3.63, 3.8) is 0 Å². The van der Waals surface area contributed by atoms with Crippen LogP contribution in [0, 0.1) is 24.1 Å². The summed E-state index contributed by atoms with van der Waals surface area (Å²) in [5, 5.41) is 9.03. The van der Waals surface area contributed by atoms with Crippen LogP contribution in [0.25, 0.3) is 0 Å². The van der Waals surface area contributed by atoms with Crippen molar-refractivity contribution in [2.75, 3.05) is 13.6 Å². The molecule has 0 aliphatic heterocycles. The molecule has 0 aromatic heterocycles. The summed E-state index contributed by atoms with van der Waals surface area (Å²) in [5.41, 5.74) is 1.30. The van der Waals surface area contributed by atoms with Gasteiger partial charge in [-0.1, -0.05) is 11.6 Å². The Morgan fingerprint density at radius 1 is 1.50 bits per heavy atom. The Morgan fingerprint density at radius 3 is 2.81 bits per heavy atom. The fourth-order valence-corrected chi connectivity index (χ4v) is 1.70. The molecule has 86 valence electrons. The van der Waals surface area contributed by atoms with E-state index < -0.39 is 0 Å². The number of hydrogen-bond acceptors (Lipinski definition) is 2. The van der Waals surface area contributed by atoms with Crippen LogP contribution in [0.15, 0.2) is 12.1 Å². The van der Waals surface area contributed by atoms with Crippen LogP contribution in [0.2, 0.25) is 5.02 Å². The molecule has 0 unspecified atom stereocenters. The van der Waals surface area contributed by atoms with Crippen LogP contribution >= 0.6 is 11.6 Å². The average Bonchev–Trinajstić information content (AvgIpc) is 2.23. The number of hydrogen-bond donors (Lipinski definition) is 0. The highest BCUT2D eigenvalue weighted by Crippen LogP contribution is 2.21. The van der Waals surface area contributed by atoms with Gasteiger partial charge >= 0.3 is 0 Å². The molecule has 0 bridgehead atoms. The third-order valence-corrected chi connectivity index (χ3v) is 2.73. The predicted molar refractivity (Wildman–Crippen MR) is 62.7 cm³/mol. The van der Waals surface area contributed by atoms with Crippen LogP contribution in [-0.2, 0) is 6.54 Å². The lowest BCUT2D eigenvalue weighted by Gasteiger charge is -2.16. The number of aryl methyl sites for hydroxylation is 1. The van der Waals surface area contributed by atoms with Gasteiger partial charge in [0.15, 0.2) is 0 Å². The van der Waals surface area contributed by atoms with Gasteiger partial charge in [-0.05, 0) is 37.2 Å². The molecule has 0 N–H and O–H groups in total. The van der Waals surface area contributed by atoms with E-state index in [4.69, 9.17) is 16.9 Å². The predicted octanol–water partition coefficient (Wildman–Crippen LogP) is 3.13. The second-order valence-corrected chi connectivity index (χ2v) is 4.25. The van der Waals surface area contributed by atoms with Gasteiger partial charge in [0.2, 0.25) is 0 Å². The summed E-state index contributed by atoms with van der Waals surface area (Å²) in [6.45, 7) is 2.89. The molecular weight excluding hydrogens is 227 g/mol. The first-order chi connectivity index (χ1) is 7.54. The number of benzene rings is 1. The summed E-state index contributed by atoms with van der Waals surface area (Å²) in [6.07, 6.45) is 0.461. The molecule has 0 spiro atoms. The zero-order chi connectivity index (χ0) is 12.1. The highest BCUT2D eigenvalue weighted by atomic mass is 35.5. The van der Waals surface area contributed by atoms with E-state index in [9.17, 15) is 4.39 Å². The standard InChI is InChI=1S/C12H14ClFN2/c1-9-6-11(13)10(7-12(9)14)8-16(2)5-3-4-15/h6-7H,3,5,8H2,1-2H3. The Hall–Kier alpha value is -1.11. The molecular formula is C12H14ClFN2. The van der Waals surface area contributed by atoms with Crippen LogP contribution in [0.1, 0.15) is 17.5 Å². The number of rotatable bonds is 4. The molecule has 1 aromatic rings. The van der Waals surface area contributed by atoms with Crippen molar-refractivity contribution >= 4 is 11.6 Å². The SMILES string of the molecule is Cc1cc(Cl)c(CN(C)CCC#N)cc1F. The molecule has 0 saturated carbocycles. The smallest absolute Gasteiger partial charge is 0.126 e. The lowest BCUT2D eigenvalue weighted by Crippen LogP contribution is -2.19. The average molecular weight is 241 g/mol. The molecule has 1 aromatic carbocycles. The molecule has 0 fully saturated rings. The summed E-state index contributed by atoms with van der Waals surface area (Å²) >= 11 is 6.02. The molecule has 0 aliphatic carbocycles. The summed E-state index contributed by atoms with van der Waals surface area (Å²) in [7, 11) is 1.88. The van der Waals surface area contributed by atoms with Gasteiger partial charge < -0.3 is 4.90 Å². The van der Waals surface area contributed by atoms with E-state index in [0.29, 0.717) is 30.1 Å². The fourth-order valence-electron chi connectivity index (χ4n) is 1.42. The fraction of sp³-hybridized carbons (Fsp3) is 0.417. The quantitative estimate of drug-likeness (QED) is 0.809. The van der Waals surface area contributed by atoms with Crippen molar-refractivity contribution in [1.29, 1.82) is 5.26 Å². The van der Waals surface area contributed by atoms with Gasteiger partial charge in [-0.15, -0.1) is 0 Å². The zero-order valence-electron chi connectivity index (χ0n) is 9.43. The minimum absolute atomic E-state index is 0.243. The van der Waals surface area contributed by atoms with Crippen molar-refractivity contribution in [3.05, 3.63) is 34.1 Å². The molecule has 16 heavy (non-hydrogen) atoms. The van der Waals surface area contributed by atoms with Crippen LogP contribution in [-0.4, -0.2) is 18.5 Å². The lowest BCUT2D eigenvalue weighted by molar-refractivity contribution is 0.334. The van der Waals surface area contributed by atoms with Gasteiger partial charge in [-0.25, -0.2) is 4.39 Å². The van der Waals surface area contributed by atoms with Crippen molar-refractivity contribution in [1.82, 2.24) is 4.90 Å². The first kappa shape index (κ1) is 13.0. The van der Waals surface area contributed by atoms with E-state index in [0.717, 1.165) is 5.56 Å². The molecule has 0 aliphatic rings. The van der Waals surface area contributed by atoms with Crippen LogP contribution in [0.5, 0.6) is 0 Å². The summed E-state index contributed by atoms with van der Waals surface area (Å²) < 4.78 is 13.3. The minimum atomic E-state index is -0.243. The van der Waals surface area contributed by atoms with Crippen LogP contribution in [0.3, 0.4) is 0 Å². The third-order valence-electron chi connectivity index (χ3n) is 2.37. The van der Waals surface area contributed by atoms with Gasteiger partial charge in [0.05, 0.1) is 6.07 Å². The summed E-state index contributed by atoms with van der Waals surface area (Å²) in [5.74, 6) is -0.243. The maximum Gasteiger partial charge on any atom is 0.126 e. The number of nitrogens with zero attached hydrogens (tertiary/aromatic N) is 2. The Balaban J connectivity index is 2.74. The second kappa shape index (κ2) is 5.83. The van der Waals surface area contributed by atoms with E-state index in [2.05, 4.69) is 6.07 Å². The second-order valence-electron chi connectivity index (χ2n) is 3.84. The van der Waals surface area contributed by atoms with Crippen LogP contribution in [0.4, 0.5) is 4.39 Å². The summed E-state index contributed by atoms with van der Waals surface area (Å²) in [4.78, 5) is 1.94. The first-order valence-electron chi connectivity index (χ1n) is 5.04. The van der Waals surface area contributed by atoms with E-state index in [1.165, 1.54) is 6.07 Å². The minimum Gasteiger partial charge on any atom is -0.301 e. The summed E-state index contributed by atoms with van der Waals surface area (Å²) in [6, 6.07) is 5.16. The molecule has 0 saturated heterocycles. The van der Waals surface area contributed by atoms with E-state index in [1.807, 2.05) is 11.9 Å². The van der Waals surface area contributed by atoms with Gasteiger partial charge in [-0.3, -0.25) is 0 Å². The highest BCUT2D eigenvalue weighted by molar-refractivity contribution is 6.31. The van der Waals surface area contributed by atoms with Crippen molar-refractivity contribution in [2.24, 2.45) is 0 Å². The van der Waals surface area contributed by atoms with E-state index >= 15 is 0 Å². The number of halogens is 2. The van der Waals surface area contributed by atoms with Gasteiger partial charge in [-0.2, -0.15) is 5.26 Å². The van der Waals surface area contributed by atoms with Crippen molar-refractivity contribution in [3.8, 4) is 6.07 Å². The number of nitriles is 1. The largest absolute Gasteiger partial charge is 0.301 e. The highest BCUT2D eigenvalue weighted by Gasteiger charge is 2.08. The van der Waals surface area contributed by atoms with Gasteiger partial charge in [0.25, 0.3) is 0 Å². The molecule has 4 heteroatoms. The molecule has 0 amide bonds. The van der Waals surface area contributed by atoms with E-state index in [-0.39, 0.29) is 5.82 Å². The first-order valence-corrected chi connectivity index (χ1v) is 5.42. The topological polar surface area (TPSA) is 27.0 Å². The molecule has 1 rings (SSSR count). The molecule has 0 heterocycles. The van der Waals surface area contributed by atoms with Crippen molar-refractivity contribution < 1.29 is 4.39 Å². The maximum absolute atomic E-state index is 13.3. The normalized spacial score (nSPS) is 10.5. The Labute approximate surface area is 100 Å². The molecule has 0 radical (unpaired) electrons. The Kier molecular flexibility index (Phi) is 4.72. The molecule has 0 atom stereocenters. The van der Waals surface area contributed by atoms with Gasteiger partial charge in [0.1, 0.15) is 5.82 Å². The Morgan fingerprint density at radius 2 is 2.19 bits per heavy atom. The monoisotopic (exact) mass is 240 g/mol. The molecule has 2 nitrogen and oxygen atoms in total. The maximum atomic E-state index is 13.3. The van der Waals surface area contributed by atoms with Gasteiger partial charge in [0, 0.05) is 24.5 Å².